The van der Waals surface area contributed by atoms with Crippen LogP contribution in [0.4, 0.5) is 0 Å². The molecule has 0 aliphatic carbocycles. The number of carbonyl (C=O) groups is 17. The highest BCUT2D eigenvalue weighted by atomic mass is 32.2. The van der Waals surface area contributed by atoms with E-state index in [1.165, 1.54) is 54.8 Å². The molecule has 32 N–H and O–H groups in total. The molecule has 46 nitrogen and oxygen atoms in total. The van der Waals surface area contributed by atoms with E-state index in [4.69, 9.17) is 34.4 Å². The first kappa shape index (κ1) is 118. The number of nitrogens with zero attached hydrogens (tertiary/aromatic N) is 3. The first-order chi connectivity index (χ1) is 63.6. The van der Waals surface area contributed by atoms with Gasteiger partial charge in [0.1, 0.15) is 90.6 Å². The quantitative estimate of drug-likeness (QED) is 0.0127. The van der Waals surface area contributed by atoms with E-state index in [9.17, 15) is 102 Å². The average molecular weight is 1950 g/mol. The van der Waals surface area contributed by atoms with E-state index in [1.807, 2.05) is 0 Å². The van der Waals surface area contributed by atoms with E-state index in [-0.39, 0.29) is 114 Å². The van der Waals surface area contributed by atoms with Crippen molar-refractivity contribution in [2.75, 3.05) is 75.6 Å². The number of aliphatic imine (C=N–C) groups is 1. The van der Waals surface area contributed by atoms with Crippen LogP contribution in [0.1, 0.15) is 169 Å². The Balaban J connectivity index is 1.90. The summed E-state index contributed by atoms with van der Waals surface area (Å²) in [6.07, 6.45) is 5.86. The van der Waals surface area contributed by atoms with Crippen LogP contribution in [-0.2, 0) is 94.3 Å². The van der Waals surface area contributed by atoms with Gasteiger partial charge in [0.05, 0.1) is 37.7 Å². The smallest absolute Gasteiger partial charge is 0.326 e. The number of amides is 16. The Bertz CT molecular complexity index is 4110. The molecular weight excluding hydrogens is 1800 g/mol. The number of benzene rings is 1. The van der Waals surface area contributed by atoms with Crippen LogP contribution in [0.15, 0.2) is 47.8 Å². The van der Waals surface area contributed by atoms with Gasteiger partial charge in [0, 0.05) is 43.6 Å². The second-order valence-electron chi connectivity index (χ2n) is 33.4. The number of hydrogen-bond donors (Lipinski definition) is 27. The molecule has 3 rings (SSSR count). The minimum absolute atomic E-state index is 0.00293. The van der Waals surface area contributed by atoms with Crippen LogP contribution < -0.4 is 114 Å². The van der Waals surface area contributed by atoms with Crippen molar-refractivity contribution >= 4 is 143 Å². The van der Waals surface area contributed by atoms with Crippen molar-refractivity contribution in [3.05, 3.63) is 54.1 Å². The second-order valence-corrected chi connectivity index (χ2v) is 35.7. The molecule has 1 aromatic carbocycles. The fourth-order valence-electron chi connectivity index (χ4n) is 14.0. The number of guanidine groups is 1. The minimum atomic E-state index is -1.97. The van der Waals surface area contributed by atoms with Gasteiger partial charge in [-0.25, -0.2) is 9.78 Å². The Kier molecular flexibility index (Phi) is 55.9. The van der Waals surface area contributed by atoms with Crippen molar-refractivity contribution < 1.29 is 102 Å². The molecule has 2 heterocycles. The second kappa shape index (κ2) is 63.7. The minimum Gasteiger partial charge on any atom is -0.480 e. The number of thiol groups is 1. The molecule has 19 atom stereocenters. The molecule has 1 aromatic heterocycles. The van der Waals surface area contributed by atoms with Gasteiger partial charge in [-0.15, -0.1) is 0 Å². The largest absolute Gasteiger partial charge is 0.480 e. The van der Waals surface area contributed by atoms with Gasteiger partial charge in [-0.3, -0.25) is 81.7 Å². The van der Waals surface area contributed by atoms with Crippen LogP contribution in [-0.4, -0.2) is 326 Å². The number of nitrogens with two attached hydrogens (primary N) is 6. The van der Waals surface area contributed by atoms with E-state index < -0.39 is 228 Å². The van der Waals surface area contributed by atoms with Crippen LogP contribution in [0.5, 0.6) is 0 Å². The van der Waals surface area contributed by atoms with Crippen molar-refractivity contribution in [2.45, 2.75) is 279 Å². The molecule has 0 bridgehead atoms. The number of carboxylic acid groups (broad SMARTS) is 1. The van der Waals surface area contributed by atoms with E-state index in [0.29, 0.717) is 81.5 Å². The van der Waals surface area contributed by atoms with Gasteiger partial charge in [-0.05, 0) is 178 Å². The van der Waals surface area contributed by atoms with Gasteiger partial charge in [-0.1, -0.05) is 70.9 Å². The zero-order valence-electron chi connectivity index (χ0n) is 77.9. The van der Waals surface area contributed by atoms with Gasteiger partial charge in [0.25, 0.3) is 0 Å². The van der Waals surface area contributed by atoms with E-state index in [0.717, 1.165) is 6.92 Å². The summed E-state index contributed by atoms with van der Waals surface area (Å²) in [5.74, 6) is -16.7. The van der Waals surface area contributed by atoms with E-state index in [2.05, 4.69) is 107 Å². The summed E-state index contributed by atoms with van der Waals surface area (Å²) >= 11 is 6.87. The summed E-state index contributed by atoms with van der Waals surface area (Å²) < 4.78 is 0. The molecule has 134 heavy (non-hydrogen) atoms. The maximum atomic E-state index is 14.8. The number of unbranched alkanes of at least 4 members (excludes halogenated alkanes) is 3. The number of thioether (sulfide) groups is 2. The SMILES string of the molecule is CC[C@H](C)[C@H](NC(=O)[C@H](CS)NC(=O)CNC(=O)[C@H](Cc1cnc[nH]1)NC(=O)[C@H](Cc1ccccc1)NC(=O)[C@H](CO)NC(=O)[C@@H](NC(=O)[C@H](CCCN=C(N)N)NC(=O)[C@H](CCSC)NC(=O)[C@H](CCCCN)NC(=O)[C@H](CC(C)C)NC(=O)[C@H](CCSC)NC(=O)[C@@H]1CCCN1C(=O)[C@@H](NC(=O)[C@H](C)NC(=O)[C@@H](N)CCCCN)[C@@H](C)O)[C@@H](C)O)C(=O)N[C@@H](CCCCN)C(=O)O. The number of likely N-dealkylation sites (tertiary alicyclic amines) is 1. The molecular formula is C85H145N25O21S3. The third-order valence-corrected chi connectivity index (χ3v) is 23.6. The number of aliphatic hydroxyl groups is 3. The molecule has 754 valence electrons. The van der Waals surface area contributed by atoms with Crippen LogP contribution in [0, 0.1) is 11.8 Å². The third-order valence-electron chi connectivity index (χ3n) is 21.9. The summed E-state index contributed by atoms with van der Waals surface area (Å²) in [4.78, 5) is 251. The Morgan fingerprint density at radius 1 is 0.522 bits per heavy atom. The van der Waals surface area contributed by atoms with Gasteiger partial charge in [0.2, 0.25) is 94.5 Å². The zero-order valence-corrected chi connectivity index (χ0v) is 80.4. The lowest BCUT2D eigenvalue weighted by atomic mass is 9.97. The topological polar surface area (TPSA) is 752 Å². The summed E-state index contributed by atoms with van der Waals surface area (Å²) in [7, 11) is 0. The highest BCUT2D eigenvalue weighted by Crippen LogP contribution is 2.22. The lowest BCUT2D eigenvalue weighted by Gasteiger charge is -2.31. The number of carboxylic acids is 1. The van der Waals surface area contributed by atoms with Crippen LogP contribution in [0.25, 0.3) is 0 Å². The number of aromatic nitrogens is 2. The fraction of sp³-hybridized carbons (Fsp3) is 0.682. The Hall–Kier alpha value is -10.5. The zero-order chi connectivity index (χ0) is 100. The molecule has 0 spiro atoms. The number of nitrogens with one attached hydrogen (secondary N) is 16. The molecule has 1 saturated heterocycles. The number of aromatic amines is 1. The third kappa shape index (κ3) is 42.6. The summed E-state index contributed by atoms with van der Waals surface area (Å²) in [6.45, 7) is 9.57. The number of imidazole rings is 1. The highest BCUT2D eigenvalue weighted by Gasteiger charge is 2.43. The van der Waals surface area contributed by atoms with E-state index >= 15 is 0 Å². The Morgan fingerprint density at radius 2 is 0.985 bits per heavy atom. The molecule has 2 aromatic rings. The lowest BCUT2D eigenvalue weighted by Crippen LogP contribution is -2.62. The van der Waals surface area contributed by atoms with Crippen molar-refractivity contribution in [2.24, 2.45) is 51.2 Å². The molecule has 49 heteroatoms. The molecule has 0 saturated carbocycles. The first-order valence-electron chi connectivity index (χ1n) is 45.2. The molecule has 16 amide bonds. The van der Waals surface area contributed by atoms with Gasteiger partial charge < -0.3 is 144 Å². The maximum Gasteiger partial charge on any atom is 0.326 e. The number of H-pyrrole nitrogens is 1. The molecule has 1 fully saturated rings. The highest BCUT2D eigenvalue weighted by molar-refractivity contribution is 7.98. The van der Waals surface area contributed by atoms with Crippen LogP contribution in [0.3, 0.4) is 0 Å². The summed E-state index contributed by atoms with van der Waals surface area (Å²) in [5, 5.41) is 80.9. The number of aliphatic hydroxyl groups excluding tert-OH is 3. The maximum absolute atomic E-state index is 14.8. The van der Waals surface area contributed by atoms with Crippen molar-refractivity contribution in [3.63, 3.8) is 0 Å². The van der Waals surface area contributed by atoms with Gasteiger partial charge in [-0.2, -0.15) is 36.2 Å². The predicted octanol–water partition coefficient (Wildman–Crippen LogP) is -6.76. The Morgan fingerprint density at radius 3 is 1.50 bits per heavy atom. The number of hydrogen-bond acceptors (Lipinski definition) is 29. The van der Waals surface area contributed by atoms with Gasteiger partial charge >= 0.3 is 5.97 Å². The summed E-state index contributed by atoms with van der Waals surface area (Å²) in [6, 6.07) is -14.9. The van der Waals surface area contributed by atoms with Gasteiger partial charge in [0.15, 0.2) is 5.96 Å². The molecule has 1 aliphatic heterocycles. The monoisotopic (exact) mass is 1950 g/mol. The molecule has 0 radical (unpaired) electrons. The first-order valence-corrected chi connectivity index (χ1v) is 48.6. The number of carbonyl (C=O) groups excluding carboxylic acids is 16. The van der Waals surface area contributed by atoms with Crippen molar-refractivity contribution in [3.8, 4) is 0 Å². The average Bonchev–Trinajstić information content (AvgIpc) is 1.64. The number of aliphatic carboxylic acids is 1. The lowest BCUT2D eigenvalue weighted by molar-refractivity contribution is -0.144. The fourth-order valence-corrected chi connectivity index (χ4v) is 15.2. The number of rotatable bonds is 66. The molecule has 0 unspecified atom stereocenters. The standard InChI is InChI=1S/C85H145N25O21S3/c1-10-47(4)66(81(127)102-58(84(130)131)26-16-19-33-88)107-79(125)63(44-132)97-65(114)42-94-71(117)61(40-52-41-92-45-95-52)105-77(123)60(39-51-22-12-11-13-23-51)104-78(124)62(43-111)106-82(128)67(49(6)112)108-75(121)55(27-20-34-93-85(90)91)98-73(119)56(29-36-133-8)100-72(118)54(25-15-18-32-87)99-76(122)59(38-46(2)3)103-74(120)57(30-37-134-9)101-80(126)64-28-21-35-110(64)83(129)68(50(7)113)109-69(115)48(5)96-70(116)53(89)24-14-17-31-86/h11-13,22-23,41,45-50,53-64,66-68,111-113,132H,10,14-21,24-40,42-44,86-89H2,1-9H3,(H,92,95)(H,94,117)(H,96,116)(H,97,114)(H,98,119)(H,99,122)(H,100,118)(H,101,126)(H,102,127)(H,103,120)(H,104,124)(H,105,123)(H,106,128)(H,107,125)(H,108,121)(H,109,115)(H,130,131)(H4,90,91,93)/t47-,48-,49+,50+,53-,54-,55-,56-,57-,58-,59-,60-,61-,62-,63-,64-,66-,67-,68-/m0/s1. The Labute approximate surface area is 795 Å². The van der Waals surface area contributed by atoms with Crippen LogP contribution in [0.2, 0.25) is 0 Å². The summed E-state index contributed by atoms with van der Waals surface area (Å²) in [5.41, 5.74) is 35.0. The predicted molar refractivity (Wildman–Crippen MR) is 506 cm³/mol. The van der Waals surface area contributed by atoms with E-state index in [1.54, 1.807) is 70.5 Å². The van der Waals surface area contributed by atoms with Crippen LogP contribution >= 0.6 is 36.2 Å². The normalized spacial score (nSPS) is 16.4. The molecule has 1 aliphatic rings. The van der Waals surface area contributed by atoms with Crippen molar-refractivity contribution in [1.82, 2.24) is 94.6 Å². The van der Waals surface area contributed by atoms with Crippen molar-refractivity contribution in [1.29, 1.82) is 0 Å².